The third-order valence-corrected chi connectivity index (χ3v) is 3.95. The molecule has 0 aliphatic rings. The molecule has 0 saturated carbocycles. The monoisotopic (exact) mass is 313 g/mol. The van der Waals surface area contributed by atoms with Gasteiger partial charge in [-0.15, -0.1) is 11.8 Å². The fourth-order valence-corrected chi connectivity index (χ4v) is 2.78. The summed E-state index contributed by atoms with van der Waals surface area (Å²) in [5, 5.41) is 10.7. The molecule has 0 unspecified atom stereocenters. The van der Waals surface area contributed by atoms with Crippen LogP contribution in [0.2, 0.25) is 10.0 Å². The topological polar surface area (TPSA) is 50.2 Å². The van der Waals surface area contributed by atoms with E-state index in [4.69, 9.17) is 28.3 Å². The number of pyridine rings is 1. The van der Waals surface area contributed by atoms with Crippen molar-refractivity contribution in [1.82, 2.24) is 4.98 Å². The average Bonchev–Trinajstić information content (AvgIpc) is 2.38. The molecule has 0 amide bonds. The largest absolute Gasteiger partial charge is 0.478 e. The summed E-state index contributed by atoms with van der Waals surface area (Å²) in [6.45, 7) is 0. The van der Waals surface area contributed by atoms with Crippen LogP contribution in [0.1, 0.15) is 15.9 Å². The number of thioether (sulfide) groups is 1. The number of rotatable bonds is 4. The number of hydrogen-bond donors (Lipinski definition) is 1. The fourth-order valence-electron chi connectivity index (χ4n) is 1.38. The molecule has 0 radical (unpaired) electrons. The van der Waals surface area contributed by atoms with Gasteiger partial charge in [-0.2, -0.15) is 0 Å². The molecule has 1 heterocycles. The Bertz CT molecular complexity index is 602. The third kappa shape index (κ3) is 3.86. The van der Waals surface area contributed by atoms with Gasteiger partial charge in [0.25, 0.3) is 0 Å². The van der Waals surface area contributed by atoms with Gasteiger partial charge in [-0.05, 0) is 29.8 Å². The van der Waals surface area contributed by atoms with Crippen LogP contribution < -0.4 is 0 Å². The first kappa shape index (κ1) is 14.2. The Kier molecular flexibility index (Phi) is 4.69. The number of benzene rings is 1. The number of aromatic nitrogens is 1. The summed E-state index contributed by atoms with van der Waals surface area (Å²) < 4.78 is 0. The first-order valence-electron chi connectivity index (χ1n) is 5.32. The average molecular weight is 314 g/mol. The summed E-state index contributed by atoms with van der Waals surface area (Å²) in [6, 6.07) is 8.55. The van der Waals surface area contributed by atoms with Crippen LogP contribution in [0.15, 0.2) is 41.6 Å². The number of aromatic carboxylic acids is 1. The van der Waals surface area contributed by atoms with Crippen molar-refractivity contribution in [2.24, 2.45) is 0 Å². The molecule has 1 N–H and O–H groups in total. The minimum absolute atomic E-state index is 0.175. The molecule has 3 nitrogen and oxygen atoms in total. The number of carboxylic acid groups (broad SMARTS) is 1. The minimum Gasteiger partial charge on any atom is -0.478 e. The van der Waals surface area contributed by atoms with Gasteiger partial charge in [0.05, 0.1) is 10.6 Å². The zero-order valence-corrected chi connectivity index (χ0v) is 12.0. The molecule has 1 aromatic heterocycles. The van der Waals surface area contributed by atoms with Crippen molar-refractivity contribution in [3.8, 4) is 0 Å². The van der Waals surface area contributed by atoms with E-state index in [1.807, 2.05) is 6.07 Å². The molecule has 2 rings (SSSR count). The Labute approximate surface area is 124 Å². The van der Waals surface area contributed by atoms with Crippen LogP contribution in [-0.2, 0) is 5.75 Å². The smallest absolute Gasteiger partial charge is 0.337 e. The van der Waals surface area contributed by atoms with Crippen molar-refractivity contribution in [3.05, 3.63) is 57.7 Å². The zero-order chi connectivity index (χ0) is 13.8. The molecule has 6 heteroatoms. The molecule has 1 aromatic carbocycles. The van der Waals surface area contributed by atoms with E-state index < -0.39 is 5.97 Å². The van der Waals surface area contributed by atoms with Gasteiger partial charge >= 0.3 is 5.97 Å². The van der Waals surface area contributed by atoms with Crippen molar-refractivity contribution in [2.75, 3.05) is 0 Å². The first-order valence-corrected chi connectivity index (χ1v) is 7.06. The second kappa shape index (κ2) is 6.28. The summed E-state index contributed by atoms with van der Waals surface area (Å²) in [6.07, 6.45) is 1.34. The molecule has 0 saturated heterocycles. The summed E-state index contributed by atoms with van der Waals surface area (Å²) >= 11 is 13.4. The third-order valence-electron chi connectivity index (χ3n) is 2.37. The van der Waals surface area contributed by atoms with Gasteiger partial charge < -0.3 is 5.11 Å². The van der Waals surface area contributed by atoms with Gasteiger partial charge in [-0.1, -0.05) is 29.3 Å². The molecule has 0 fully saturated rings. The Morgan fingerprint density at radius 3 is 2.63 bits per heavy atom. The SMILES string of the molecule is O=C(O)c1ccc(SCc2ccc(Cl)cc2Cl)nc1. The van der Waals surface area contributed by atoms with Crippen LogP contribution in [-0.4, -0.2) is 16.1 Å². The Hall–Kier alpha value is -1.23. The van der Waals surface area contributed by atoms with Crippen LogP contribution in [0, 0.1) is 0 Å². The predicted octanol–water partition coefficient (Wildman–Crippen LogP) is 4.38. The second-order valence-corrected chi connectivity index (χ2v) is 5.55. The maximum Gasteiger partial charge on any atom is 0.337 e. The maximum absolute atomic E-state index is 10.7. The standard InChI is InChI=1S/C13H9Cl2NO2S/c14-10-3-1-9(11(15)5-10)7-19-12-4-2-8(6-16-12)13(17)18/h1-6H,7H2,(H,17,18). The maximum atomic E-state index is 10.7. The fraction of sp³-hybridized carbons (Fsp3) is 0.0769. The second-order valence-electron chi connectivity index (χ2n) is 3.71. The molecule has 98 valence electrons. The highest BCUT2D eigenvalue weighted by atomic mass is 35.5. The number of nitrogens with zero attached hydrogens (tertiary/aromatic N) is 1. The summed E-state index contributed by atoms with van der Waals surface area (Å²) in [4.78, 5) is 14.8. The van der Waals surface area contributed by atoms with Crippen LogP contribution in [0.3, 0.4) is 0 Å². The molecule has 0 aliphatic carbocycles. The lowest BCUT2D eigenvalue weighted by Crippen LogP contribution is -1.96. The van der Waals surface area contributed by atoms with Crippen molar-refractivity contribution in [2.45, 2.75) is 10.8 Å². The normalized spacial score (nSPS) is 10.4. The highest BCUT2D eigenvalue weighted by molar-refractivity contribution is 7.98. The van der Waals surface area contributed by atoms with E-state index in [0.717, 1.165) is 10.6 Å². The number of carboxylic acids is 1. The van der Waals surface area contributed by atoms with Gasteiger partial charge in [0, 0.05) is 22.0 Å². The number of carbonyl (C=O) groups is 1. The Morgan fingerprint density at radius 2 is 2.05 bits per heavy atom. The Balaban J connectivity index is 2.04. The van der Waals surface area contributed by atoms with E-state index in [-0.39, 0.29) is 5.56 Å². The quantitative estimate of drug-likeness (QED) is 0.851. The van der Waals surface area contributed by atoms with Crippen LogP contribution in [0.4, 0.5) is 0 Å². The van der Waals surface area contributed by atoms with Gasteiger partial charge in [0.2, 0.25) is 0 Å². The highest BCUT2D eigenvalue weighted by Gasteiger charge is 2.05. The zero-order valence-electron chi connectivity index (χ0n) is 9.64. The number of halogens is 2. The first-order chi connectivity index (χ1) is 9.06. The number of hydrogen-bond acceptors (Lipinski definition) is 3. The van der Waals surface area contributed by atoms with Gasteiger partial charge in [-0.3, -0.25) is 0 Å². The molecule has 0 spiro atoms. The van der Waals surface area contributed by atoms with Gasteiger partial charge in [0.15, 0.2) is 0 Å². The molecular weight excluding hydrogens is 305 g/mol. The molecule has 2 aromatic rings. The summed E-state index contributed by atoms with van der Waals surface area (Å²) in [5.74, 6) is -0.333. The van der Waals surface area contributed by atoms with Crippen LogP contribution >= 0.6 is 35.0 Å². The van der Waals surface area contributed by atoms with E-state index in [1.54, 1.807) is 18.2 Å². The lowest BCUT2D eigenvalue weighted by Gasteiger charge is -2.04. The van der Waals surface area contributed by atoms with E-state index in [1.165, 1.54) is 24.0 Å². The van der Waals surface area contributed by atoms with Crippen molar-refractivity contribution >= 4 is 40.9 Å². The van der Waals surface area contributed by atoms with E-state index >= 15 is 0 Å². The van der Waals surface area contributed by atoms with Crippen LogP contribution in [0.25, 0.3) is 0 Å². The molecular formula is C13H9Cl2NO2S. The molecule has 0 atom stereocenters. The molecule has 0 bridgehead atoms. The summed E-state index contributed by atoms with van der Waals surface area (Å²) in [5.41, 5.74) is 1.13. The van der Waals surface area contributed by atoms with Crippen molar-refractivity contribution < 1.29 is 9.90 Å². The molecule has 0 aliphatic heterocycles. The van der Waals surface area contributed by atoms with Gasteiger partial charge in [0.1, 0.15) is 0 Å². The lowest BCUT2D eigenvalue weighted by molar-refractivity contribution is 0.0696. The lowest BCUT2D eigenvalue weighted by atomic mass is 10.2. The minimum atomic E-state index is -0.982. The van der Waals surface area contributed by atoms with E-state index in [9.17, 15) is 4.79 Å². The highest BCUT2D eigenvalue weighted by Crippen LogP contribution is 2.27. The summed E-state index contributed by atoms with van der Waals surface area (Å²) in [7, 11) is 0. The van der Waals surface area contributed by atoms with Crippen molar-refractivity contribution in [1.29, 1.82) is 0 Å². The Morgan fingerprint density at radius 1 is 1.26 bits per heavy atom. The van der Waals surface area contributed by atoms with Crippen LogP contribution in [0.5, 0.6) is 0 Å². The van der Waals surface area contributed by atoms with E-state index in [0.29, 0.717) is 15.8 Å². The van der Waals surface area contributed by atoms with Crippen molar-refractivity contribution in [3.63, 3.8) is 0 Å². The predicted molar refractivity (Wildman–Crippen MR) is 77.2 cm³/mol. The molecule has 19 heavy (non-hydrogen) atoms. The van der Waals surface area contributed by atoms with Gasteiger partial charge in [-0.25, -0.2) is 9.78 Å². The van der Waals surface area contributed by atoms with E-state index in [2.05, 4.69) is 4.98 Å².